The molecule has 5 N–H and O–H groups in total. The van der Waals surface area contributed by atoms with Gasteiger partial charge in [-0.3, -0.25) is 18.8 Å². The van der Waals surface area contributed by atoms with Crippen molar-refractivity contribution < 1.29 is 19.4 Å². The number of hydrogen-bond donors (Lipinski definition) is 5. The number of rotatable bonds is 14. The van der Waals surface area contributed by atoms with Gasteiger partial charge in [0, 0.05) is 91.5 Å². The molecule has 270 valence electrons. The molecule has 6 rings (SSSR count). The van der Waals surface area contributed by atoms with Crippen molar-refractivity contribution in [2.75, 3.05) is 27.2 Å². The maximum atomic E-state index is 13.2. The molecule has 12 nitrogen and oxygen atoms in total. The van der Waals surface area contributed by atoms with E-state index in [4.69, 9.17) is 32.9 Å². The summed E-state index contributed by atoms with van der Waals surface area (Å²) < 4.78 is 7.09. The van der Waals surface area contributed by atoms with E-state index in [0.717, 1.165) is 34.2 Å². The number of hydrogen-bond acceptors (Lipinski definition) is 9. The minimum absolute atomic E-state index is 0.0353. The van der Waals surface area contributed by atoms with Crippen LogP contribution in [0.5, 0.6) is 5.88 Å². The Hall–Kier alpha value is -4.85. The summed E-state index contributed by atoms with van der Waals surface area (Å²) in [5.74, 6) is 0.298. The summed E-state index contributed by atoms with van der Waals surface area (Å²) in [5.41, 5.74) is 5.80. The van der Waals surface area contributed by atoms with Crippen molar-refractivity contribution in [2.45, 2.75) is 44.5 Å². The second-order valence-corrected chi connectivity index (χ2v) is 13.3. The third-order valence-corrected chi connectivity index (χ3v) is 9.79. The zero-order valence-corrected chi connectivity index (χ0v) is 30.2. The molecule has 4 heterocycles. The normalized spacial score (nSPS) is 14.7. The van der Waals surface area contributed by atoms with Gasteiger partial charge in [-0.05, 0) is 30.2 Å². The van der Waals surface area contributed by atoms with E-state index in [2.05, 4.69) is 26.3 Å². The largest absolute Gasteiger partial charge is 0.481 e. The van der Waals surface area contributed by atoms with Crippen LogP contribution in [0.1, 0.15) is 30.4 Å². The maximum Gasteiger partial charge on any atom is 0.262 e. The standard InChI is InChI=1S/C38H39Cl2N7O5/c1-41-34(50)16-26(48)21-43-18-24-19-44-32-15-22(13-14-47(32)38(24)51)27-5-3-6-28(35(27)39)29-7-4-8-30(36(29)40)31-11-9-23(37(46-31)52-2)17-42-20-25-10-12-33(49)45-25/h3-9,11,13-15,19,25-26,42-43,48H,10,12,16-18,20-21H2,1-2H3,(H,41,50)(H,45,49)/t25-,26+/m0/s1. The smallest absolute Gasteiger partial charge is 0.262 e. The van der Waals surface area contributed by atoms with Crippen LogP contribution in [0, 0.1) is 0 Å². The van der Waals surface area contributed by atoms with Crippen LogP contribution in [0.4, 0.5) is 0 Å². The van der Waals surface area contributed by atoms with Crippen LogP contribution >= 0.6 is 23.2 Å². The van der Waals surface area contributed by atoms with Crippen LogP contribution in [-0.2, 0) is 22.7 Å². The third-order valence-electron chi connectivity index (χ3n) is 8.97. The van der Waals surface area contributed by atoms with Crippen molar-refractivity contribution >= 4 is 40.7 Å². The monoisotopic (exact) mass is 743 g/mol. The second kappa shape index (κ2) is 16.7. The highest BCUT2D eigenvalue weighted by molar-refractivity contribution is 6.39. The van der Waals surface area contributed by atoms with E-state index in [-0.39, 0.29) is 42.9 Å². The summed E-state index contributed by atoms with van der Waals surface area (Å²) in [4.78, 5) is 45.5. The Morgan fingerprint density at radius 1 is 1.00 bits per heavy atom. The predicted octanol–water partition coefficient (Wildman–Crippen LogP) is 4.36. The van der Waals surface area contributed by atoms with E-state index in [9.17, 15) is 19.5 Å². The van der Waals surface area contributed by atoms with Crippen LogP contribution < -0.4 is 31.6 Å². The van der Waals surface area contributed by atoms with Gasteiger partial charge in [0.15, 0.2) is 0 Å². The second-order valence-electron chi connectivity index (χ2n) is 12.5. The summed E-state index contributed by atoms with van der Waals surface area (Å²) >= 11 is 14.2. The summed E-state index contributed by atoms with van der Waals surface area (Å²) in [6.07, 6.45) is 3.63. The molecule has 2 amide bonds. The first-order valence-corrected chi connectivity index (χ1v) is 17.6. The molecule has 0 radical (unpaired) electrons. The van der Waals surface area contributed by atoms with E-state index < -0.39 is 6.10 Å². The van der Waals surface area contributed by atoms with Crippen LogP contribution in [0.2, 0.25) is 10.0 Å². The van der Waals surface area contributed by atoms with Gasteiger partial charge in [-0.15, -0.1) is 0 Å². The fourth-order valence-corrected chi connectivity index (χ4v) is 6.87. The molecule has 1 saturated heterocycles. The number of nitrogens with zero attached hydrogens (tertiary/aromatic N) is 3. The van der Waals surface area contributed by atoms with Gasteiger partial charge in [0.25, 0.3) is 5.56 Å². The number of fused-ring (bicyclic) bond motifs is 1. The first-order chi connectivity index (χ1) is 25.2. The Labute approximate surface area is 310 Å². The fraction of sp³-hybridized carbons (Fsp3) is 0.289. The van der Waals surface area contributed by atoms with E-state index in [1.807, 2.05) is 48.5 Å². The highest BCUT2D eigenvalue weighted by atomic mass is 35.5. The number of aliphatic hydroxyl groups is 1. The number of aromatic nitrogens is 3. The lowest BCUT2D eigenvalue weighted by Crippen LogP contribution is -2.35. The summed E-state index contributed by atoms with van der Waals surface area (Å²) in [6, 6.07) is 19.0. The van der Waals surface area contributed by atoms with Crippen molar-refractivity contribution in [2.24, 2.45) is 0 Å². The number of amides is 2. The van der Waals surface area contributed by atoms with Gasteiger partial charge in [-0.25, -0.2) is 9.97 Å². The Bertz CT molecular complexity index is 2180. The Balaban J connectivity index is 1.21. The molecule has 0 aliphatic carbocycles. The van der Waals surface area contributed by atoms with Gasteiger partial charge >= 0.3 is 0 Å². The highest BCUT2D eigenvalue weighted by Gasteiger charge is 2.21. The molecule has 0 spiro atoms. The van der Waals surface area contributed by atoms with Gasteiger partial charge in [0.2, 0.25) is 17.7 Å². The number of nitrogens with one attached hydrogen (secondary N) is 4. The molecular formula is C38H39Cl2N7O5. The van der Waals surface area contributed by atoms with Crippen molar-refractivity contribution in [3.8, 4) is 39.4 Å². The number of carbonyl (C=O) groups is 2. The molecule has 2 atom stereocenters. The topological polar surface area (TPSA) is 159 Å². The quantitative estimate of drug-likeness (QED) is 0.111. The average molecular weight is 745 g/mol. The van der Waals surface area contributed by atoms with E-state index in [0.29, 0.717) is 57.9 Å². The molecule has 2 aromatic carbocycles. The predicted molar refractivity (Wildman–Crippen MR) is 201 cm³/mol. The zero-order valence-electron chi connectivity index (χ0n) is 28.7. The van der Waals surface area contributed by atoms with Crippen molar-refractivity contribution in [3.63, 3.8) is 0 Å². The number of ether oxygens (including phenoxy) is 1. The minimum Gasteiger partial charge on any atom is -0.481 e. The molecule has 0 bridgehead atoms. The van der Waals surface area contributed by atoms with Crippen LogP contribution in [0.25, 0.3) is 39.2 Å². The van der Waals surface area contributed by atoms with Gasteiger partial charge < -0.3 is 31.1 Å². The van der Waals surface area contributed by atoms with Gasteiger partial charge in [0.05, 0.1) is 35.4 Å². The van der Waals surface area contributed by atoms with Gasteiger partial charge in [0.1, 0.15) is 5.65 Å². The average Bonchev–Trinajstić information content (AvgIpc) is 3.57. The van der Waals surface area contributed by atoms with Crippen molar-refractivity contribution in [3.05, 3.63) is 105 Å². The van der Waals surface area contributed by atoms with Crippen LogP contribution in [0.15, 0.2) is 77.9 Å². The van der Waals surface area contributed by atoms with Gasteiger partial charge in [-0.1, -0.05) is 65.7 Å². The molecule has 14 heteroatoms. The van der Waals surface area contributed by atoms with E-state index in [1.165, 1.54) is 17.6 Å². The Morgan fingerprint density at radius 2 is 1.71 bits per heavy atom. The number of benzene rings is 2. The summed E-state index contributed by atoms with van der Waals surface area (Å²) in [5, 5.41) is 22.8. The van der Waals surface area contributed by atoms with E-state index in [1.54, 1.807) is 25.4 Å². The first-order valence-electron chi connectivity index (χ1n) is 16.9. The lowest BCUT2D eigenvalue weighted by molar-refractivity contribution is -0.122. The fourth-order valence-electron chi connectivity index (χ4n) is 6.21. The first kappa shape index (κ1) is 36.9. The summed E-state index contributed by atoms with van der Waals surface area (Å²) in [7, 11) is 3.09. The number of carbonyl (C=O) groups excluding carboxylic acids is 2. The summed E-state index contributed by atoms with van der Waals surface area (Å²) in [6.45, 7) is 1.52. The zero-order chi connectivity index (χ0) is 36.8. The molecule has 1 fully saturated rings. The van der Waals surface area contributed by atoms with Crippen molar-refractivity contribution in [1.82, 2.24) is 35.6 Å². The molecule has 1 aliphatic heterocycles. The molecule has 5 aromatic rings. The molecular weight excluding hydrogens is 705 g/mol. The maximum absolute atomic E-state index is 13.2. The lowest BCUT2D eigenvalue weighted by Gasteiger charge is -2.16. The third kappa shape index (κ3) is 8.27. The SMILES string of the molecule is CNC(=O)C[C@@H](O)CNCc1cnc2cc(-c3cccc(-c4cccc(-c5ccc(CNC[C@@H]6CCC(=O)N6)c(OC)n5)c4Cl)c3Cl)ccn2c1=O. The molecule has 0 unspecified atom stereocenters. The number of halogens is 2. The molecule has 52 heavy (non-hydrogen) atoms. The number of methoxy groups -OCH3 is 1. The highest BCUT2D eigenvalue weighted by Crippen LogP contribution is 2.42. The Kier molecular flexibility index (Phi) is 11.8. The number of aliphatic hydroxyl groups excluding tert-OH is 1. The minimum atomic E-state index is -0.879. The van der Waals surface area contributed by atoms with Crippen LogP contribution in [0.3, 0.4) is 0 Å². The van der Waals surface area contributed by atoms with Crippen LogP contribution in [-0.4, -0.2) is 70.7 Å². The lowest BCUT2D eigenvalue weighted by atomic mass is 9.97. The van der Waals surface area contributed by atoms with Crippen molar-refractivity contribution in [1.29, 1.82) is 0 Å². The van der Waals surface area contributed by atoms with Gasteiger partial charge in [-0.2, -0.15) is 0 Å². The molecule has 0 saturated carbocycles. The molecule has 3 aromatic heterocycles. The van der Waals surface area contributed by atoms with E-state index >= 15 is 0 Å². The number of pyridine rings is 2. The molecule has 1 aliphatic rings. The Morgan fingerprint density at radius 3 is 2.42 bits per heavy atom.